The van der Waals surface area contributed by atoms with Crippen LogP contribution in [-0.4, -0.2) is 29.9 Å². The fourth-order valence-electron chi connectivity index (χ4n) is 2.05. The van der Waals surface area contributed by atoms with E-state index in [1.54, 1.807) is 0 Å². The zero-order chi connectivity index (χ0) is 13.1. The second kappa shape index (κ2) is 5.27. The molecular formula is C13H14FNO3. The number of Topliss-reactive ketones (excluding diaryl/α,β-unsaturated/α-hetero) is 1. The Hall–Kier alpha value is -1.75. The van der Waals surface area contributed by atoms with E-state index in [2.05, 4.69) is 0 Å². The van der Waals surface area contributed by atoms with E-state index in [1.165, 1.54) is 23.1 Å². The van der Waals surface area contributed by atoms with Crippen molar-refractivity contribution < 1.29 is 19.1 Å². The lowest BCUT2D eigenvalue weighted by Crippen LogP contribution is -2.30. The zero-order valence-corrected chi connectivity index (χ0v) is 9.86. The van der Waals surface area contributed by atoms with Crippen molar-refractivity contribution in [1.82, 2.24) is 0 Å². The van der Waals surface area contributed by atoms with Gasteiger partial charge in [-0.2, -0.15) is 0 Å². The van der Waals surface area contributed by atoms with Crippen molar-refractivity contribution in [3.8, 4) is 0 Å². The van der Waals surface area contributed by atoms with E-state index in [4.69, 9.17) is 5.11 Å². The van der Waals surface area contributed by atoms with Crippen LogP contribution in [0.1, 0.15) is 29.6 Å². The summed E-state index contributed by atoms with van der Waals surface area (Å²) in [6.45, 7) is 0.485. The number of benzene rings is 1. The molecule has 0 unspecified atom stereocenters. The van der Waals surface area contributed by atoms with Gasteiger partial charge in [-0.3, -0.25) is 9.59 Å². The number of aliphatic hydroxyl groups is 1. The van der Waals surface area contributed by atoms with E-state index in [9.17, 15) is 14.0 Å². The molecule has 0 aliphatic carbocycles. The number of nitrogens with zero attached hydrogens (tertiary/aromatic N) is 1. The number of halogens is 1. The summed E-state index contributed by atoms with van der Waals surface area (Å²) in [5.41, 5.74) is 0.623. The van der Waals surface area contributed by atoms with E-state index in [0.717, 1.165) is 6.42 Å². The lowest BCUT2D eigenvalue weighted by molar-refractivity contribution is -0.114. The Kier molecular flexibility index (Phi) is 3.72. The van der Waals surface area contributed by atoms with E-state index in [0.29, 0.717) is 25.1 Å². The largest absolute Gasteiger partial charge is 0.396 e. The number of carbonyl (C=O) groups excluding carboxylic acids is 2. The van der Waals surface area contributed by atoms with Gasteiger partial charge in [0, 0.05) is 13.2 Å². The Bertz CT molecular complexity index is 487. The van der Waals surface area contributed by atoms with Gasteiger partial charge >= 0.3 is 0 Å². The van der Waals surface area contributed by atoms with Crippen molar-refractivity contribution in [3.63, 3.8) is 0 Å². The summed E-state index contributed by atoms with van der Waals surface area (Å²) in [5, 5.41) is 8.66. The number of hydrogen-bond acceptors (Lipinski definition) is 3. The summed E-state index contributed by atoms with van der Waals surface area (Å²) in [6.07, 6.45) is 2.10. The molecule has 0 spiro atoms. The molecule has 1 aliphatic heterocycles. The molecule has 0 fully saturated rings. The van der Waals surface area contributed by atoms with E-state index >= 15 is 0 Å². The van der Waals surface area contributed by atoms with Gasteiger partial charge in [-0.05, 0) is 37.5 Å². The minimum Gasteiger partial charge on any atom is -0.396 e. The quantitative estimate of drug-likeness (QED) is 0.637. The maximum absolute atomic E-state index is 13.2. The normalized spacial score (nSPS) is 14.2. The molecule has 18 heavy (non-hydrogen) atoms. The number of aliphatic hydroxyl groups excluding tert-OH is 1. The number of amides is 1. The fraction of sp³-hybridized carbons (Fsp3) is 0.385. The van der Waals surface area contributed by atoms with Crippen LogP contribution in [0.2, 0.25) is 0 Å². The Labute approximate surface area is 104 Å². The molecule has 1 heterocycles. The monoisotopic (exact) mass is 251 g/mol. The van der Waals surface area contributed by atoms with Gasteiger partial charge < -0.3 is 10.0 Å². The first-order chi connectivity index (χ1) is 8.65. The van der Waals surface area contributed by atoms with Gasteiger partial charge in [0.25, 0.3) is 11.7 Å². The average Bonchev–Trinajstić information content (AvgIpc) is 2.59. The van der Waals surface area contributed by atoms with Crippen LogP contribution in [0, 0.1) is 5.82 Å². The molecule has 0 aromatic heterocycles. The van der Waals surface area contributed by atoms with Crippen LogP contribution in [0.15, 0.2) is 18.2 Å². The van der Waals surface area contributed by atoms with Crippen LogP contribution in [0.5, 0.6) is 0 Å². The summed E-state index contributed by atoms with van der Waals surface area (Å²) in [6, 6.07) is 3.74. The number of anilines is 1. The Morgan fingerprint density at radius 3 is 2.67 bits per heavy atom. The van der Waals surface area contributed by atoms with Crippen molar-refractivity contribution >= 4 is 17.4 Å². The van der Waals surface area contributed by atoms with Crippen LogP contribution in [0.3, 0.4) is 0 Å². The molecule has 1 aliphatic rings. The van der Waals surface area contributed by atoms with Crippen LogP contribution in [0.25, 0.3) is 0 Å². The molecule has 5 heteroatoms. The van der Waals surface area contributed by atoms with Gasteiger partial charge in [0.15, 0.2) is 0 Å². The summed E-state index contributed by atoms with van der Waals surface area (Å²) < 4.78 is 13.2. The Balaban J connectivity index is 2.14. The second-order valence-corrected chi connectivity index (χ2v) is 4.23. The van der Waals surface area contributed by atoms with Gasteiger partial charge in [-0.15, -0.1) is 0 Å². The van der Waals surface area contributed by atoms with E-state index < -0.39 is 17.5 Å². The molecule has 4 nitrogen and oxygen atoms in total. The minimum atomic E-state index is -0.598. The number of fused-ring (bicyclic) bond motifs is 1. The molecule has 0 saturated carbocycles. The van der Waals surface area contributed by atoms with Crippen LogP contribution in [0.4, 0.5) is 10.1 Å². The molecular weight excluding hydrogens is 237 g/mol. The number of hydrogen-bond donors (Lipinski definition) is 1. The number of rotatable bonds is 5. The first-order valence-electron chi connectivity index (χ1n) is 5.91. The third-order valence-corrected chi connectivity index (χ3v) is 2.97. The molecule has 1 amide bonds. The van der Waals surface area contributed by atoms with Gasteiger partial charge in [0.2, 0.25) is 0 Å². The van der Waals surface area contributed by atoms with Gasteiger partial charge in [0.1, 0.15) is 5.82 Å². The minimum absolute atomic E-state index is 0.109. The Morgan fingerprint density at radius 1 is 1.17 bits per heavy atom. The molecule has 0 atom stereocenters. The first-order valence-corrected chi connectivity index (χ1v) is 5.91. The smallest absolute Gasteiger partial charge is 0.299 e. The van der Waals surface area contributed by atoms with E-state index in [-0.39, 0.29) is 12.2 Å². The summed E-state index contributed by atoms with van der Waals surface area (Å²) in [4.78, 5) is 24.7. The van der Waals surface area contributed by atoms with Gasteiger partial charge in [-0.25, -0.2) is 4.39 Å². The fourth-order valence-corrected chi connectivity index (χ4v) is 2.05. The SMILES string of the molecule is O=C1C(=O)N(CCCCCO)c2cc(F)ccc21. The number of carbonyl (C=O) groups is 2. The third-order valence-electron chi connectivity index (χ3n) is 2.97. The molecule has 0 bridgehead atoms. The van der Waals surface area contributed by atoms with Crippen molar-refractivity contribution in [2.24, 2.45) is 0 Å². The van der Waals surface area contributed by atoms with Crippen molar-refractivity contribution in [3.05, 3.63) is 29.6 Å². The standard InChI is InChI=1S/C13H14FNO3/c14-9-4-5-10-11(8-9)15(13(18)12(10)17)6-2-1-3-7-16/h4-5,8,16H,1-3,6-7H2. The molecule has 0 saturated heterocycles. The number of ketones is 1. The van der Waals surface area contributed by atoms with E-state index in [1.807, 2.05) is 0 Å². The molecule has 1 aromatic rings. The van der Waals surface area contributed by atoms with Crippen LogP contribution >= 0.6 is 0 Å². The summed E-state index contributed by atoms with van der Waals surface area (Å²) >= 11 is 0. The first kappa shape index (κ1) is 12.7. The van der Waals surface area contributed by atoms with Crippen LogP contribution < -0.4 is 4.90 Å². The highest BCUT2D eigenvalue weighted by atomic mass is 19.1. The van der Waals surface area contributed by atoms with Gasteiger partial charge in [0.05, 0.1) is 11.3 Å². The lowest BCUT2D eigenvalue weighted by atomic mass is 10.1. The average molecular weight is 251 g/mol. The molecule has 2 rings (SSSR count). The maximum atomic E-state index is 13.2. The molecule has 1 aromatic carbocycles. The predicted octanol–water partition coefficient (Wildman–Crippen LogP) is 1.52. The van der Waals surface area contributed by atoms with Gasteiger partial charge in [-0.1, -0.05) is 0 Å². The molecule has 0 radical (unpaired) electrons. The highest BCUT2D eigenvalue weighted by Crippen LogP contribution is 2.29. The van der Waals surface area contributed by atoms with Crippen LogP contribution in [-0.2, 0) is 4.79 Å². The highest BCUT2D eigenvalue weighted by Gasteiger charge is 2.35. The summed E-state index contributed by atoms with van der Waals surface area (Å²) in [5.74, 6) is -1.64. The predicted molar refractivity (Wildman–Crippen MR) is 64.0 cm³/mol. The topological polar surface area (TPSA) is 57.6 Å². The lowest BCUT2D eigenvalue weighted by Gasteiger charge is -2.16. The summed E-state index contributed by atoms with van der Waals surface area (Å²) in [7, 11) is 0. The molecule has 96 valence electrons. The number of unbranched alkanes of at least 4 members (excludes halogenated alkanes) is 2. The van der Waals surface area contributed by atoms with Crippen molar-refractivity contribution in [1.29, 1.82) is 0 Å². The maximum Gasteiger partial charge on any atom is 0.299 e. The van der Waals surface area contributed by atoms with Crippen molar-refractivity contribution in [2.45, 2.75) is 19.3 Å². The third kappa shape index (κ3) is 2.26. The highest BCUT2D eigenvalue weighted by molar-refractivity contribution is 6.52. The zero-order valence-electron chi connectivity index (χ0n) is 9.86. The van der Waals surface area contributed by atoms with Crippen molar-refractivity contribution in [2.75, 3.05) is 18.1 Å². The second-order valence-electron chi connectivity index (χ2n) is 4.23. The Morgan fingerprint density at radius 2 is 1.94 bits per heavy atom. The molecule has 1 N–H and O–H groups in total.